The molecule has 0 fully saturated rings. The largest absolute Gasteiger partial charge is 0.495 e. The first kappa shape index (κ1) is 17.2. The molecule has 1 N–H and O–H groups in total. The molecule has 3 aromatic rings. The van der Waals surface area contributed by atoms with Gasteiger partial charge in [-0.25, -0.2) is 9.97 Å². The van der Waals surface area contributed by atoms with Crippen LogP contribution in [0.5, 0.6) is 5.75 Å². The molecule has 2 aromatic heterocycles. The third-order valence-electron chi connectivity index (χ3n) is 3.53. The number of oxazole rings is 1. The highest BCUT2D eigenvalue weighted by molar-refractivity contribution is 7.16. The van der Waals surface area contributed by atoms with E-state index < -0.39 is 0 Å². The highest BCUT2D eigenvalue weighted by Crippen LogP contribution is 2.30. The molecule has 3 rings (SSSR count). The van der Waals surface area contributed by atoms with Gasteiger partial charge in [0, 0.05) is 22.6 Å². The third-order valence-corrected chi connectivity index (χ3v) is 4.40. The predicted molar refractivity (Wildman–Crippen MR) is 103 cm³/mol. The third kappa shape index (κ3) is 4.28. The van der Waals surface area contributed by atoms with Gasteiger partial charge in [-0.2, -0.15) is 0 Å². The van der Waals surface area contributed by atoms with Crippen LogP contribution in [0.1, 0.15) is 37.3 Å². The molecule has 130 valence electrons. The lowest BCUT2D eigenvalue weighted by Crippen LogP contribution is -2.09. The Bertz CT molecular complexity index is 875. The molecule has 0 aliphatic rings. The fourth-order valence-electron chi connectivity index (χ4n) is 2.15. The number of para-hydroxylation sites is 2. The Morgan fingerprint density at radius 3 is 2.64 bits per heavy atom. The average Bonchev–Trinajstić information content (AvgIpc) is 3.22. The molecular weight excluding hydrogens is 334 g/mol. The quantitative estimate of drug-likeness (QED) is 0.668. The van der Waals surface area contributed by atoms with Gasteiger partial charge in [0.2, 0.25) is 5.89 Å². The van der Waals surface area contributed by atoms with Gasteiger partial charge in [-0.3, -0.25) is 0 Å². The van der Waals surface area contributed by atoms with Crippen LogP contribution in [-0.4, -0.2) is 17.1 Å². The Morgan fingerprint density at radius 1 is 1.12 bits per heavy atom. The van der Waals surface area contributed by atoms with Crippen LogP contribution in [-0.2, 0) is 5.41 Å². The van der Waals surface area contributed by atoms with Crippen molar-refractivity contribution in [3.05, 3.63) is 53.2 Å². The summed E-state index contributed by atoms with van der Waals surface area (Å²) >= 11 is 1.54. The molecule has 0 spiro atoms. The van der Waals surface area contributed by atoms with Crippen LogP contribution in [0.2, 0.25) is 0 Å². The van der Waals surface area contributed by atoms with Crippen molar-refractivity contribution in [3.63, 3.8) is 0 Å². The number of anilines is 2. The van der Waals surface area contributed by atoms with E-state index in [-0.39, 0.29) is 5.41 Å². The molecule has 0 aliphatic carbocycles. The molecule has 0 amide bonds. The number of methoxy groups -OCH3 is 1. The SMILES string of the molecule is COc1ccccc1Nc1ncc(/C=C/c2ncc(C(C)(C)C)o2)s1. The standard InChI is InChI=1S/C19H21N3O2S/c1-19(2,3)16-12-20-17(24-16)10-9-13-11-21-18(25-13)22-14-7-5-6-8-15(14)23-4/h5-12H,1-4H3,(H,21,22)/b10-9+. The molecule has 0 unspecified atom stereocenters. The number of thiazole rings is 1. The minimum absolute atomic E-state index is 0.0462. The smallest absolute Gasteiger partial charge is 0.218 e. The molecule has 0 atom stereocenters. The van der Waals surface area contributed by atoms with Crippen LogP contribution in [0.15, 0.2) is 41.1 Å². The van der Waals surface area contributed by atoms with E-state index >= 15 is 0 Å². The molecule has 0 radical (unpaired) electrons. The first-order chi connectivity index (χ1) is 12.0. The first-order valence-electron chi connectivity index (χ1n) is 7.96. The van der Waals surface area contributed by atoms with E-state index in [0.717, 1.165) is 27.2 Å². The van der Waals surface area contributed by atoms with Gasteiger partial charge in [0.15, 0.2) is 5.13 Å². The van der Waals surface area contributed by atoms with Crippen molar-refractivity contribution in [1.82, 2.24) is 9.97 Å². The Labute approximate surface area is 151 Å². The van der Waals surface area contributed by atoms with Crippen molar-refractivity contribution >= 4 is 34.3 Å². The Kier molecular flexibility index (Phi) is 4.90. The maximum atomic E-state index is 5.76. The van der Waals surface area contributed by atoms with Gasteiger partial charge in [-0.1, -0.05) is 44.2 Å². The highest BCUT2D eigenvalue weighted by Gasteiger charge is 2.18. The zero-order valence-corrected chi connectivity index (χ0v) is 15.6. The number of nitrogens with one attached hydrogen (secondary N) is 1. The minimum atomic E-state index is -0.0462. The van der Waals surface area contributed by atoms with Crippen molar-refractivity contribution in [3.8, 4) is 5.75 Å². The maximum absolute atomic E-state index is 5.76. The van der Waals surface area contributed by atoms with Gasteiger partial charge in [-0.05, 0) is 18.2 Å². The topological polar surface area (TPSA) is 60.2 Å². The average molecular weight is 355 g/mol. The fraction of sp³-hybridized carbons (Fsp3) is 0.263. The van der Waals surface area contributed by atoms with Crippen molar-refractivity contribution in [2.75, 3.05) is 12.4 Å². The van der Waals surface area contributed by atoms with Crippen LogP contribution in [0, 0.1) is 0 Å². The second-order valence-corrected chi connectivity index (χ2v) is 7.60. The molecular formula is C19H21N3O2S. The van der Waals surface area contributed by atoms with E-state index in [9.17, 15) is 0 Å². The molecule has 2 heterocycles. The zero-order chi connectivity index (χ0) is 17.9. The molecule has 0 aliphatic heterocycles. The molecule has 6 heteroatoms. The summed E-state index contributed by atoms with van der Waals surface area (Å²) in [6.07, 6.45) is 7.40. The van der Waals surface area contributed by atoms with Crippen LogP contribution in [0.3, 0.4) is 0 Å². The van der Waals surface area contributed by atoms with Crippen molar-refractivity contribution in [2.45, 2.75) is 26.2 Å². The van der Waals surface area contributed by atoms with Gasteiger partial charge in [0.05, 0.1) is 19.0 Å². The number of rotatable bonds is 5. The maximum Gasteiger partial charge on any atom is 0.218 e. The lowest BCUT2D eigenvalue weighted by molar-refractivity contribution is 0.403. The summed E-state index contributed by atoms with van der Waals surface area (Å²) in [6, 6.07) is 7.75. The molecule has 5 nitrogen and oxygen atoms in total. The van der Waals surface area contributed by atoms with E-state index in [4.69, 9.17) is 9.15 Å². The summed E-state index contributed by atoms with van der Waals surface area (Å²) in [5, 5.41) is 4.07. The predicted octanol–water partition coefficient (Wildman–Crippen LogP) is 5.35. The monoisotopic (exact) mass is 355 g/mol. The number of nitrogens with zero attached hydrogens (tertiary/aromatic N) is 2. The van der Waals surface area contributed by atoms with Gasteiger partial charge in [-0.15, -0.1) is 0 Å². The summed E-state index contributed by atoms with van der Waals surface area (Å²) in [7, 11) is 1.65. The Morgan fingerprint density at radius 2 is 1.92 bits per heavy atom. The van der Waals surface area contributed by atoms with Crippen molar-refractivity contribution in [1.29, 1.82) is 0 Å². The minimum Gasteiger partial charge on any atom is -0.495 e. The second-order valence-electron chi connectivity index (χ2n) is 6.54. The van der Waals surface area contributed by atoms with Crippen LogP contribution >= 0.6 is 11.3 Å². The number of hydrogen-bond donors (Lipinski definition) is 1. The van der Waals surface area contributed by atoms with Gasteiger partial charge in [0.25, 0.3) is 0 Å². The van der Waals surface area contributed by atoms with Crippen molar-refractivity contribution in [2.24, 2.45) is 0 Å². The van der Waals surface area contributed by atoms with E-state index in [1.807, 2.05) is 42.6 Å². The summed E-state index contributed by atoms with van der Waals surface area (Å²) < 4.78 is 11.1. The first-order valence-corrected chi connectivity index (χ1v) is 8.77. The van der Waals surface area contributed by atoms with Crippen LogP contribution in [0.25, 0.3) is 12.2 Å². The zero-order valence-electron chi connectivity index (χ0n) is 14.7. The Balaban J connectivity index is 1.70. The summed E-state index contributed by atoms with van der Waals surface area (Å²) in [5.41, 5.74) is 0.840. The number of hydrogen-bond acceptors (Lipinski definition) is 6. The van der Waals surface area contributed by atoms with Gasteiger partial charge in [0.1, 0.15) is 11.5 Å². The summed E-state index contributed by atoms with van der Waals surface area (Å²) in [4.78, 5) is 9.69. The van der Waals surface area contributed by atoms with Crippen LogP contribution in [0.4, 0.5) is 10.8 Å². The lowest BCUT2D eigenvalue weighted by atomic mass is 9.94. The number of benzene rings is 1. The van der Waals surface area contributed by atoms with E-state index in [0.29, 0.717) is 5.89 Å². The van der Waals surface area contributed by atoms with Crippen molar-refractivity contribution < 1.29 is 9.15 Å². The molecule has 1 aromatic carbocycles. The summed E-state index contributed by atoms with van der Waals surface area (Å²) in [5.74, 6) is 2.25. The van der Waals surface area contributed by atoms with Crippen LogP contribution < -0.4 is 10.1 Å². The highest BCUT2D eigenvalue weighted by atomic mass is 32.1. The summed E-state index contributed by atoms with van der Waals surface area (Å²) in [6.45, 7) is 6.29. The lowest BCUT2D eigenvalue weighted by Gasteiger charge is -2.12. The van der Waals surface area contributed by atoms with Gasteiger partial charge >= 0.3 is 0 Å². The normalized spacial score (nSPS) is 11.8. The van der Waals surface area contributed by atoms with E-state index in [2.05, 4.69) is 36.1 Å². The van der Waals surface area contributed by atoms with Gasteiger partial charge < -0.3 is 14.5 Å². The van der Waals surface area contributed by atoms with E-state index in [1.165, 1.54) is 0 Å². The number of ether oxygens (including phenoxy) is 1. The van der Waals surface area contributed by atoms with E-state index in [1.54, 1.807) is 24.6 Å². The number of aromatic nitrogens is 2. The molecule has 0 saturated carbocycles. The second kappa shape index (κ2) is 7.11. The Hall–Kier alpha value is -2.60. The molecule has 25 heavy (non-hydrogen) atoms. The molecule has 0 saturated heterocycles. The fourth-order valence-corrected chi connectivity index (χ4v) is 2.88. The molecule has 0 bridgehead atoms.